The lowest BCUT2D eigenvalue weighted by Crippen LogP contribution is -2.29. The topological polar surface area (TPSA) is 122 Å². The molecule has 0 saturated heterocycles. The molecular formula is C28H26F4N8O2. The molecule has 0 atom stereocenters. The monoisotopic (exact) mass is 582 g/mol. The first-order chi connectivity index (χ1) is 19.9. The van der Waals surface area contributed by atoms with Crippen LogP contribution in [0, 0.1) is 11.3 Å². The van der Waals surface area contributed by atoms with E-state index in [4.69, 9.17) is 0 Å². The maximum atomic E-state index is 13.6. The molecule has 2 heterocycles. The van der Waals surface area contributed by atoms with Crippen molar-refractivity contribution in [3.63, 3.8) is 0 Å². The number of likely N-dealkylation sites (N-methyl/N-ethyl adjacent to an activating group) is 2. The minimum Gasteiger partial charge on any atom is -0.403 e. The smallest absolute Gasteiger partial charge is 0.403 e. The number of aromatic amines is 1. The van der Waals surface area contributed by atoms with Gasteiger partial charge in [-0.25, -0.2) is 14.4 Å². The number of carbonyl (C=O) groups is 1. The third kappa shape index (κ3) is 6.94. The number of nitrogens with zero attached hydrogens (tertiary/aromatic N) is 5. The number of benzene rings is 2. The number of amides is 1. The summed E-state index contributed by atoms with van der Waals surface area (Å²) in [4.78, 5) is 27.2. The molecule has 0 spiro atoms. The Labute approximate surface area is 238 Å². The molecule has 1 amide bonds. The number of hydrogen-bond acceptors (Lipinski definition) is 8. The molecule has 4 aromatic rings. The summed E-state index contributed by atoms with van der Waals surface area (Å²) in [6.45, 7) is 3.84. The van der Waals surface area contributed by atoms with E-state index in [2.05, 4.69) is 36.9 Å². The summed E-state index contributed by atoms with van der Waals surface area (Å²) in [6.07, 6.45) is -2.18. The van der Waals surface area contributed by atoms with Gasteiger partial charge in [0.2, 0.25) is 5.95 Å². The predicted octanol–water partition coefficient (Wildman–Crippen LogP) is 5.56. The van der Waals surface area contributed by atoms with Crippen LogP contribution >= 0.6 is 0 Å². The fourth-order valence-corrected chi connectivity index (χ4v) is 4.07. The molecule has 3 N–H and O–H groups in total. The largest absolute Gasteiger partial charge is 0.573 e. The summed E-state index contributed by atoms with van der Waals surface area (Å²) in [5.41, 5.74) is 1.53. The number of carbonyl (C=O) groups excluding carboxylic acids is 1. The van der Waals surface area contributed by atoms with Crippen LogP contribution in [0.3, 0.4) is 0 Å². The lowest BCUT2D eigenvalue weighted by Gasteiger charge is -2.26. The quantitative estimate of drug-likeness (QED) is 0.164. The Hall–Kier alpha value is -5.16. The van der Waals surface area contributed by atoms with Crippen molar-refractivity contribution in [1.82, 2.24) is 19.9 Å². The molecule has 2 aromatic carbocycles. The lowest BCUT2D eigenvalue weighted by molar-refractivity contribution is -0.274. The molecular weight excluding hydrogens is 556 g/mol. The molecule has 0 fully saturated rings. The van der Waals surface area contributed by atoms with Gasteiger partial charge >= 0.3 is 6.36 Å². The van der Waals surface area contributed by atoms with Crippen LogP contribution in [0.25, 0.3) is 22.2 Å². The predicted molar refractivity (Wildman–Crippen MR) is 151 cm³/mol. The van der Waals surface area contributed by atoms with Gasteiger partial charge in [-0.3, -0.25) is 4.79 Å². The number of H-pyrrole nitrogens is 1. The highest BCUT2D eigenvalue weighted by molar-refractivity contribution is 6.04. The van der Waals surface area contributed by atoms with Crippen molar-refractivity contribution >= 4 is 39.8 Å². The van der Waals surface area contributed by atoms with E-state index in [0.29, 0.717) is 18.7 Å². The number of alkyl halides is 3. The normalized spacial score (nSPS) is 11.3. The Morgan fingerprint density at radius 2 is 1.90 bits per heavy atom. The average Bonchev–Trinajstić information content (AvgIpc) is 3.36. The second-order valence-corrected chi connectivity index (χ2v) is 9.44. The van der Waals surface area contributed by atoms with Crippen LogP contribution in [-0.4, -0.2) is 66.4 Å². The number of ether oxygens (including phenoxy) is 1. The third-order valence-corrected chi connectivity index (χ3v) is 6.11. The average molecular weight is 583 g/mol. The fraction of sp³-hybridized carbons (Fsp3) is 0.214. The van der Waals surface area contributed by atoms with Crippen molar-refractivity contribution < 1.29 is 27.1 Å². The first kappa shape index (κ1) is 29.8. The highest BCUT2D eigenvalue weighted by atomic mass is 19.4. The number of halogens is 4. The minimum atomic E-state index is -5.07. The highest BCUT2D eigenvalue weighted by Crippen LogP contribution is 2.41. The fourth-order valence-electron chi connectivity index (χ4n) is 4.07. The van der Waals surface area contributed by atoms with Crippen LogP contribution in [-0.2, 0) is 4.79 Å². The molecule has 0 aliphatic heterocycles. The van der Waals surface area contributed by atoms with Crippen LogP contribution in [0.15, 0.2) is 61.2 Å². The molecule has 0 unspecified atom stereocenters. The van der Waals surface area contributed by atoms with Gasteiger partial charge in [0.15, 0.2) is 11.6 Å². The number of hydrogen-bond donors (Lipinski definition) is 3. The summed E-state index contributed by atoms with van der Waals surface area (Å²) in [5, 5.41) is 15.5. The van der Waals surface area contributed by atoms with Gasteiger partial charge in [0.05, 0.1) is 34.5 Å². The Morgan fingerprint density at radius 1 is 1.17 bits per heavy atom. The van der Waals surface area contributed by atoms with E-state index >= 15 is 0 Å². The van der Waals surface area contributed by atoms with Crippen molar-refractivity contribution in [1.29, 1.82) is 5.26 Å². The second-order valence-electron chi connectivity index (χ2n) is 9.44. The first-order valence-electron chi connectivity index (χ1n) is 12.4. The van der Waals surface area contributed by atoms with Crippen molar-refractivity contribution in [3.8, 4) is 23.1 Å². The van der Waals surface area contributed by atoms with Gasteiger partial charge in [0, 0.05) is 48.9 Å². The zero-order valence-corrected chi connectivity index (χ0v) is 22.8. The van der Waals surface area contributed by atoms with E-state index in [-0.39, 0.29) is 34.3 Å². The van der Waals surface area contributed by atoms with E-state index in [1.54, 1.807) is 18.1 Å². The number of para-hydroxylation sites is 1. The van der Waals surface area contributed by atoms with Crippen molar-refractivity contribution in [2.45, 2.75) is 6.36 Å². The standard InChI is InChI=1S/C28H26F4N8O2/c1-16(29)26(41)36-21-11-22(24(42-28(30,31)32)12-23(21)40(4)10-9-39(2)3)37-27-35-14-17(13-33)25(38-27)19-15-34-20-8-6-5-7-18(19)20/h5-8,11-12,14-15,34H,1,9-10H2,2-4H3,(H,36,41)(H,35,37,38). The van der Waals surface area contributed by atoms with E-state index in [0.717, 1.165) is 23.0 Å². The summed E-state index contributed by atoms with van der Waals surface area (Å²) < 4.78 is 58.4. The Morgan fingerprint density at radius 3 is 2.57 bits per heavy atom. The molecule has 2 aromatic heterocycles. The van der Waals surface area contributed by atoms with Crippen molar-refractivity contribution in [3.05, 3.63) is 66.8 Å². The number of nitrogens with one attached hydrogen (secondary N) is 3. The number of aromatic nitrogens is 3. The van der Waals surface area contributed by atoms with Gasteiger partial charge in [-0.2, -0.15) is 5.26 Å². The number of nitriles is 1. The molecule has 10 nitrogen and oxygen atoms in total. The first-order valence-corrected chi connectivity index (χ1v) is 12.4. The zero-order valence-electron chi connectivity index (χ0n) is 22.8. The van der Waals surface area contributed by atoms with Crippen LogP contribution < -0.4 is 20.3 Å². The molecule has 0 aliphatic rings. The third-order valence-electron chi connectivity index (χ3n) is 6.11. The van der Waals surface area contributed by atoms with Crippen LogP contribution in [0.5, 0.6) is 5.75 Å². The van der Waals surface area contributed by atoms with Gasteiger partial charge in [-0.15, -0.1) is 13.2 Å². The van der Waals surface area contributed by atoms with Crippen LogP contribution in [0.1, 0.15) is 5.56 Å². The van der Waals surface area contributed by atoms with Gasteiger partial charge in [-0.05, 0) is 26.2 Å². The molecule has 0 radical (unpaired) electrons. The van der Waals surface area contributed by atoms with E-state index in [9.17, 15) is 27.6 Å². The molecule has 42 heavy (non-hydrogen) atoms. The maximum Gasteiger partial charge on any atom is 0.573 e. The number of fused-ring (bicyclic) bond motifs is 1. The minimum absolute atomic E-state index is 0.0254. The summed E-state index contributed by atoms with van der Waals surface area (Å²) in [7, 11) is 5.23. The summed E-state index contributed by atoms with van der Waals surface area (Å²) in [6, 6.07) is 11.5. The molecule has 0 bridgehead atoms. The van der Waals surface area contributed by atoms with E-state index in [1.165, 1.54) is 6.20 Å². The summed E-state index contributed by atoms with van der Waals surface area (Å²) in [5.74, 6) is -3.29. The maximum absolute atomic E-state index is 13.6. The van der Waals surface area contributed by atoms with Crippen molar-refractivity contribution in [2.75, 3.05) is 49.8 Å². The van der Waals surface area contributed by atoms with Crippen LogP contribution in [0.4, 0.5) is 40.6 Å². The SMILES string of the molecule is C=C(F)C(=O)Nc1cc(Nc2ncc(C#N)c(-c3c[nH]c4ccccc34)n2)c(OC(F)(F)F)cc1N(C)CCN(C)C. The lowest BCUT2D eigenvalue weighted by atomic mass is 10.1. The van der Waals surface area contributed by atoms with Crippen LogP contribution in [0.2, 0.25) is 0 Å². The Kier molecular flexibility index (Phi) is 8.62. The molecule has 0 saturated carbocycles. The Bertz CT molecular complexity index is 1680. The molecule has 0 aliphatic carbocycles. The number of rotatable bonds is 10. The zero-order chi connectivity index (χ0) is 30.6. The van der Waals surface area contributed by atoms with Gasteiger partial charge in [0.1, 0.15) is 6.07 Å². The molecule has 4 rings (SSSR count). The second kappa shape index (κ2) is 12.1. The van der Waals surface area contributed by atoms with Gasteiger partial charge < -0.3 is 30.2 Å². The highest BCUT2D eigenvalue weighted by Gasteiger charge is 2.33. The van der Waals surface area contributed by atoms with Crippen molar-refractivity contribution in [2.24, 2.45) is 0 Å². The molecule has 14 heteroatoms. The van der Waals surface area contributed by atoms with Gasteiger partial charge in [0.25, 0.3) is 5.91 Å². The van der Waals surface area contributed by atoms with E-state index < -0.39 is 23.8 Å². The van der Waals surface area contributed by atoms with E-state index in [1.807, 2.05) is 49.3 Å². The summed E-state index contributed by atoms with van der Waals surface area (Å²) >= 11 is 0. The number of anilines is 4. The van der Waals surface area contributed by atoms with Gasteiger partial charge in [-0.1, -0.05) is 24.8 Å². The Balaban J connectivity index is 1.83. The molecule has 218 valence electrons.